The van der Waals surface area contributed by atoms with Gasteiger partial charge in [-0.2, -0.15) is 5.26 Å². The first kappa shape index (κ1) is 19.2. The molecule has 148 valence electrons. The van der Waals surface area contributed by atoms with E-state index in [1.807, 2.05) is 65.2 Å². The van der Waals surface area contributed by atoms with E-state index in [0.717, 1.165) is 11.1 Å². The Morgan fingerprint density at radius 1 is 1.07 bits per heavy atom. The summed E-state index contributed by atoms with van der Waals surface area (Å²) in [6.07, 6.45) is 1.70. The summed E-state index contributed by atoms with van der Waals surface area (Å²) in [5, 5.41) is 12.5. The van der Waals surface area contributed by atoms with Gasteiger partial charge in [-0.15, -0.1) is 0 Å². The second-order valence-electron chi connectivity index (χ2n) is 7.06. The number of nitriles is 1. The van der Waals surface area contributed by atoms with Crippen LogP contribution in [0.3, 0.4) is 0 Å². The number of ketones is 1. The number of nitrogens with one attached hydrogen (secondary N) is 1. The van der Waals surface area contributed by atoms with Gasteiger partial charge >= 0.3 is 0 Å². The number of anilines is 1. The maximum Gasteiger partial charge on any atom is 0.299 e. The van der Waals surface area contributed by atoms with E-state index in [-0.39, 0.29) is 11.4 Å². The molecule has 0 aliphatic rings. The molecule has 1 amide bonds. The van der Waals surface area contributed by atoms with Gasteiger partial charge in [-0.1, -0.05) is 48.5 Å². The summed E-state index contributed by atoms with van der Waals surface area (Å²) in [6, 6.07) is 19.3. The van der Waals surface area contributed by atoms with Gasteiger partial charge in [0.25, 0.3) is 11.7 Å². The summed E-state index contributed by atoms with van der Waals surface area (Å²) >= 11 is 0. The Kier molecular flexibility index (Phi) is 4.95. The van der Waals surface area contributed by atoms with Crippen molar-refractivity contribution < 1.29 is 14.0 Å². The normalized spacial score (nSPS) is 10.7. The van der Waals surface area contributed by atoms with Crippen molar-refractivity contribution in [3.63, 3.8) is 0 Å². The number of amides is 1. The zero-order valence-electron chi connectivity index (χ0n) is 16.6. The first-order valence-electron chi connectivity index (χ1n) is 9.47. The van der Waals surface area contributed by atoms with Crippen LogP contribution in [0.15, 0.2) is 65.2 Å². The third-order valence-corrected chi connectivity index (χ3v) is 5.16. The summed E-state index contributed by atoms with van der Waals surface area (Å²) < 4.78 is 7.40. The van der Waals surface area contributed by atoms with Crippen molar-refractivity contribution >= 4 is 28.5 Å². The number of fused-ring (bicyclic) bond motifs is 1. The van der Waals surface area contributed by atoms with Gasteiger partial charge in [0.1, 0.15) is 17.4 Å². The van der Waals surface area contributed by atoms with Crippen molar-refractivity contribution in [1.29, 1.82) is 5.26 Å². The van der Waals surface area contributed by atoms with Crippen molar-refractivity contribution in [2.24, 2.45) is 0 Å². The van der Waals surface area contributed by atoms with Crippen molar-refractivity contribution in [2.75, 3.05) is 5.32 Å². The van der Waals surface area contributed by atoms with Crippen LogP contribution in [0.2, 0.25) is 0 Å². The third kappa shape index (κ3) is 3.38. The van der Waals surface area contributed by atoms with Gasteiger partial charge in [-0.3, -0.25) is 14.9 Å². The topological polar surface area (TPSA) is 88.0 Å². The number of nitrogens with zero attached hydrogens (tertiary/aromatic N) is 2. The lowest BCUT2D eigenvalue weighted by molar-refractivity contribution is -0.112. The average Bonchev–Trinajstić information content (AvgIpc) is 3.25. The highest BCUT2D eigenvalue weighted by Crippen LogP contribution is 2.27. The number of para-hydroxylation sites is 1. The van der Waals surface area contributed by atoms with Crippen LogP contribution >= 0.6 is 0 Å². The molecule has 0 fully saturated rings. The Labute approximate surface area is 173 Å². The minimum atomic E-state index is -0.845. The molecule has 2 aromatic heterocycles. The maximum atomic E-state index is 13.0. The van der Waals surface area contributed by atoms with Crippen LogP contribution in [0.4, 0.5) is 5.88 Å². The van der Waals surface area contributed by atoms with Crippen molar-refractivity contribution in [3.8, 4) is 6.07 Å². The van der Waals surface area contributed by atoms with Crippen molar-refractivity contribution in [3.05, 3.63) is 88.8 Å². The molecule has 0 radical (unpaired) electrons. The summed E-state index contributed by atoms with van der Waals surface area (Å²) in [7, 11) is 0. The number of carbonyl (C=O) groups is 2. The number of furan rings is 1. The van der Waals surface area contributed by atoms with Gasteiger partial charge in [0.05, 0.1) is 5.56 Å². The monoisotopic (exact) mass is 397 g/mol. The molecule has 0 bridgehead atoms. The van der Waals surface area contributed by atoms with Crippen LogP contribution in [-0.4, -0.2) is 16.3 Å². The number of aromatic nitrogens is 1. The lowest BCUT2D eigenvalue weighted by atomic mass is 10.1. The van der Waals surface area contributed by atoms with Gasteiger partial charge in [-0.25, -0.2) is 0 Å². The summed E-state index contributed by atoms with van der Waals surface area (Å²) in [5.74, 6) is -1.01. The van der Waals surface area contributed by atoms with E-state index >= 15 is 0 Å². The van der Waals surface area contributed by atoms with E-state index < -0.39 is 11.7 Å². The SMILES string of the molecule is Cc1oc(NC(=O)C(=O)c2cn(Cc3ccccc3)c3ccccc23)c(C#N)c1C. The fourth-order valence-corrected chi connectivity index (χ4v) is 3.47. The molecule has 6 heteroatoms. The number of aryl methyl sites for hydroxylation is 1. The Bertz CT molecular complexity index is 1310. The number of rotatable bonds is 5. The Balaban J connectivity index is 1.67. The van der Waals surface area contributed by atoms with Crippen LogP contribution in [0, 0.1) is 25.2 Å². The predicted octanol–water partition coefficient (Wildman–Crippen LogP) is 4.59. The molecule has 0 aliphatic heterocycles. The fourth-order valence-electron chi connectivity index (χ4n) is 3.47. The molecule has 1 N–H and O–H groups in total. The molecule has 2 heterocycles. The molecule has 2 aromatic carbocycles. The molecule has 0 saturated heterocycles. The second-order valence-corrected chi connectivity index (χ2v) is 7.06. The molecule has 0 spiro atoms. The molecule has 0 saturated carbocycles. The number of Topliss-reactive ketones (excluding diaryl/α,β-unsaturated/α-hetero) is 1. The Morgan fingerprint density at radius 2 is 1.77 bits per heavy atom. The largest absolute Gasteiger partial charge is 0.444 e. The minimum absolute atomic E-state index is 0.00104. The van der Waals surface area contributed by atoms with Crippen LogP contribution < -0.4 is 5.32 Å². The molecular weight excluding hydrogens is 378 g/mol. The smallest absolute Gasteiger partial charge is 0.299 e. The number of benzene rings is 2. The Morgan fingerprint density at radius 3 is 2.50 bits per heavy atom. The van der Waals surface area contributed by atoms with Crippen LogP contribution in [-0.2, 0) is 11.3 Å². The zero-order chi connectivity index (χ0) is 21.3. The average molecular weight is 397 g/mol. The molecule has 4 rings (SSSR count). The minimum Gasteiger partial charge on any atom is -0.444 e. The van der Waals surface area contributed by atoms with Crippen LogP contribution in [0.1, 0.15) is 32.8 Å². The third-order valence-electron chi connectivity index (χ3n) is 5.16. The van der Waals surface area contributed by atoms with E-state index in [1.54, 1.807) is 20.0 Å². The lowest BCUT2D eigenvalue weighted by Crippen LogP contribution is -2.23. The summed E-state index contributed by atoms with van der Waals surface area (Å²) in [4.78, 5) is 25.6. The molecule has 0 atom stereocenters. The van der Waals surface area contributed by atoms with Gasteiger partial charge in [0, 0.05) is 29.2 Å². The predicted molar refractivity (Wildman–Crippen MR) is 113 cm³/mol. The van der Waals surface area contributed by atoms with Gasteiger partial charge in [-0.05, 0) is 25.5 Å². The van der Waals surface area contributed by atoms with Crippen LogP contribution in [0.5, 0.6) is 0 Å². The molecule has 4 aromatic rings. The highest BCUT2D eigenvalue weighted by atomic mass is 16.4. The van der Waals surface area contributed by atoms with Gasteiger partial charge < -0.3 is 8.98 Å². The zero-order valence-corrected chi connectivity index (χ0v) is 16.6. The quantitative estimate of drug-likeness (QED) is 0.394. The molecule has 0 aliphatic carbocycles. The highest BCUT2D eigenvalue weighted by molar-refractivity contribution is 6.48. The second kappa shape index (κ2) is 7.72. The standard InChI is InChI=1S/C24H19N3O3/c1-15-16(2)30-24(19(15)12-25)26-23(29)22(28)20-14-27(13-17-8-4-3-5-9-17)21-11-7-6-10-18(20)21/h3-11,14H,13H2,1-2H3,(H,26,29). The summed E-state index contributed by atoms with van der Waals surface area (Å²) in [6.45, 7) is 4.00. The Hall–Kier alpha value is -4.11. The van der Waals surface area contributed by atoms with E-state index in [4.69, 9.17) is 4.42 Å². The van der Waals surface area contributed by atoms with Crippen LogP contribution in [0.25, 0.3) is 10.9 Å². The lowest BCUT2D eigenvalue weighted by Gasteiger charge is -2.05. The number of hydrogen-bond acceptors (Lipinski definition) is 4. The number of hydrogen-bond donors (Lipinski definition) is 1. The molecule has 0 unspecified atom stereocenters. The first-order chi connectivity index (χ1) is 14.5. The van der Waals surface area contributed by atoms with Crippen molar-refractivity contribution in [2.45, 2.75) is 20.4 Å². The van der Waals surface area contributed by atoms with Gasteiger partial charge in [0.2, 0.25) is 5.88 Å². The number of carbonyl (C=O) groups excluding carboxylic acids is 2. The van der Waals surface area contributed by atoms with E-state index in [2.05, 4.69) is 5.32 Å². The summed E-state index contributed by atoms with van der Waals surface area (Å²) in [5.41, 5.74) is 3.11. The molecular formula is C24H19N3O3. The van der Waals surface area contributed by atoms with E-state index in [1.165, 1.54) is 0 Å². The molecule has 30 heavy (non-hydrogen) atoms. The maximum absolute atomic E-state index is 13.0. The van der Waals surface area contributed by atoms with Crippen molar-refractivity contribution in [1.82, 2.24) is 4.57 Å². The highest BCUT2D eigenvalue weighted by Gasteiger charge is 2.24. The first-order valence-corrected chi connectivity index (χ1v) is 9.47. The van der Waals surface area contributed by atoms with E-state index in [9.17, 15) is 14.9 Å². The molecule has 6 nitrogen and oxygen atoms in total. The van der Waals surface area contributed by atoms with E-state index in [0.29, 0.717) is 28.8 Å². The van der Waals surface area contributed by atoms with Gasteiger partial charge in [0.15, 0.2) is 0 Å². The fraction of sp³-hybridized carbons (Fsp3) is 0.125.